The standard InChI is InChI=1S/C19H17N3O4/c1-12-8-16(15-6-7-17-18(9-15)26-11-25-17)22(20-12)10-13-2-4-14(5-3-13)19(23)21-24/h2-9,24H,10-11H2,1H3,(H,21,23). The lowest BCUT2D eigenvalue weighted by Gasteiger charge is -2.09. The highest BCUT2D eigenvalue weighted by molar-refractivity contribution is 5.93. The van der Waals surface area contributed by atoms with Gasteiger partial charge in [-0.05, 0) is 48.9 Å². The minimum Gasteiger partial charge on any atom is -0.454 e. The average Bonchev–Trinajstić information content (AvgIpc) is 3.27. The molecule has 4 rings (SSSR count). The Labute approximate surface area is 149 Å². The van der Waals surface area contributed by atoms with Crippen LogP contribution in [0.25, 0.3) is 11.3 Å². The van der Waals surface area contributed by atoms with E-state index in [9.17, 15) is 4.79 Å². The molecular formula is C19H17N3O4. The molecule has 7 nitrogen and oxygen atoms in total. The molecule has 0 radical (unpaired) electrons. The number of hydroxylamine groups is 1. The highest BCUT2D eigenvalue weighted by Gasteiger charge is 2.16. The predicted molar refractivity (Wildman–Crippen MR) is 93.3 cm³/mol. The van der Waals surface area contributed by atoms with Crippen LogP contribution >= 0.6 is 0 Å². The van der Waals surface area contributed by atoms with Crippen LogP contribution in [-0.4, -0.2) is 27.7 Å². The molecular weight excluding hydrogens is 334 g/mol. The topological polar surface area (TPSA) is 85.6 Å². The van der Waals surface area contributed by atoms with E-state index in [0.717, 1.165) is 34.0 Å². The Hall–Kier alpha value is -3.32. The average molecular weight is 351 g/mol. The van der Waals surface area contributed by atoms with Crippen molar-refractivity contribution in [2.75, 3.05) is 6.79 Å². The summed E-state index contributed by atoms with van der Waals surface area (Å²) in [5.41, 5.74) is 5.88. The van der Waals surface area contributed by atoms with E-state index in [4.69, 9.17) is 14.7 Å². The number of rotatable bonds is 4. The van der Waals surface area contributed by atoms with E-state index in [1.165, 1.54) is 0 Å². The van der Waals surface area contributed by atoms with Crippen molar-refractivity contribution in [2.24, 2.45) is 0 Å². The first-order valence-corrected chi connectivity index (χ1v) is 8.12. The largest absolute Gasteiger partial charge is 0.454 e. The molecule has 1 aromatic heterocycles. The van der Waals surface area contributed by atoms with Gasteiger partial charge in [0.25, 0.3) is 5.91 Å². The van der Waals surface area contributed by atoms with Gasteiger partial charge in [-0.25, -0.2) is 5.48 Å². The number of amides is 1. The fraction of sp³-hybridized carbons (Fsp3) is 0.158. The molecule has 1 aliphatic rings. The number of aryl methyl sites for hydroxylation is 1. The summed E-state index contributed by atoms with van der Waals surface area (Å²) in [6, 6.07) is 14.8. The van der Waals surface area contributed by atoms with Crippen LogP contribution in [0.2, 0.25) is 0 Å². The van der Waals surface area contributed by atoms with Gasteiger partial charge >= 0.3 is 0 Å². The third-order valence-corrected chi connectivity index (χ3v) is 4.22. The molecule has 26 heavy (non-hydrogen) atoms. The third-order valence-electron chi connectivity index (χ3n) is 4.22. The van der Waals surface area contributed by atoms with E-state index >= 15 is 0 Å². The molecule has 132 valence electrons. The monoisotopic (exact) mass is 351 g/mol. The second-order valence-corrected chi connectivity index (χ2v) is 6.03. The number of carbonyl (C=O) groups excluding carboxylic acids is 1. The molecule has 1 amide bonds. The van der Waals surface area contributed by atoms with Gasteiger partial charge in [-0.3, -0.25) is 14.7 Å². The second kappa shape index (κ2) is 6.53. The van der Waals surface area contributed by atoms with Crippen molar-refractivity contribution < 1.29 is 19.5 Å². The Morgan fingerprint density at radius 3 is 2.69 bits per heavy atom. The smallest absolute Gasteiger partial charge is 0.274 e. The summed E-state index contributed by atoms with van der Waals surface area (Å²) in [6.07, 6.45) is 0. The Kier molecular flexibility index (Phi) is 4.06. The molecule has 7 heteroatoms. The van der Waals surface area contributed by atoms with Gasteiger partial charge in [0, 0.05) is 11.1 Å². The van der Waals surface area contributed by atoms with E-state index in [0.29, 0.717) is 12.1 Å². The lowest BCUT2D eigenvalue weighted by atomic mass is 10.1. The van der Waals surface area contributed by atoms with Crippen molar-refractivity contribution in [3.63, 3.8) is 0 Å². The molecule has 3 aromatic rings. The molecule has 2 aromatic carbocycles. The van der Waals surface area contributed by atoms with Crippen LogP contribution in [0.15, 0.2) is 48.5 Å². The lowest BCUT2D eigenvalue weighted by molar-refractivity contribution is 0.0706. The number of fused-ring (bicyclic) bond motifs is 1. The van der Waals surface area contributed by atoms with Gasteiger partial charge in [0.05, 0.1) is 17.9 Å². The molecule has 0 spiro atoms. The maximum absolute atomic E-state index is 11.4. The maximum atomic E-state index is 11.4. The molecule has 0 saturated heterocycles. The SMILES string of the molecule is Cc1cc(-c2ccc3c(c2)OCO3)n(Cc2ccc(C(=O)NO)cc2)n1. The first kappa shape index (κ1) is 16.2. The minimum absolute atomic E-state index is 0.241. The number of aromatic nitrogens is 2. The first-order chi connectivity index (χ1) is 12.6. The molecule has 2 N–H and O–H groups in total. The Morgan fingerprint density at radius 2 is 1.92 bits per heavy atom. The number of benzene rings is 2. The zero-order chi connectivity index (χ0) is 18.1. The van der Waals surface area contributed by atoms with Crippen molar-refractivity contribution in [3.8, 4) is 22.8 Å². The molecule has 0 saturated carbocycles. The van der Waals surface area contributed by atoms with E-state index in [1.54, 1.807) is 17.6 Å². The predicted octanol–water partition coefficient (Wildman–Crippen LogP) is 2.75. The zero-order valence-electron chi connectivity index (χ0n) is 14.1. The van der Waals surface area contributed by atoms with Crippen LogP contribution in [0.5, 0.6) is 11.5 Å². The number of nitrogens with one attached hydrogen (secondary N) is 1. The summed E-state index contributed by atoms with van der Waals surface area (Å²) >= 11 is 0. The highest BCUT2D eigenvalue weighted by atomic mass is 16.7. The van der Waals surface area contributed by atoms with Gasteiger partial charge in [0.1, 0.15) is 0 Å². The number of hydrogen-bond donors (Lipinski definition) is 2. The molecule has 0 fully saturated rings. The van der Waals surface area contributed by atoms with Crippen LogP contribution in [0.3, 0.4) is 0 Å². The van der Waals surface area contributed by atoms with Crippen LogP contribution in [0.4, 0.5) is 0 Å². The van der Waals surface area contributed by atoms with Crippen LogP contribution in [-0.2, 0) is 6.54 Å². The van der Waals surface area contributed by atoms with Gasteiger partial charge < -0.3 is 9.47 Å². The summed E-state index contributed by atoms with van der Waals surface area (Å²) in [5.74, 6) is 0.939. The number of ether oxygens (including phenoxy) is 2. The summed E-state index contributed by atoms with van der Waals surface area (Å²) in [7, 11) is 0. The zero-order valence-corrected chi connectivity index (χ0v) is 14.1. The van der Waals surface area contributed by atoms with Crippen molar-refractivity contribution in [3.05, 3.63) is 65.4 Å². The molecule has 1 aliphatic heterocycles. The second-order valence-electron chi connectivity index (χ2n) is 6.03. The van der Waals surface area contributed by atoms with Crippen molar-refractivity contribution >= 4 is 5.91 Å². The maximum Gasteiger partial charge on any atom is 0.274 e. The molecule has 0 bridgehead atoms. The van der Waals surface area contributed by atoms with Gasteiger partial charge in [0.15, 0.2) is 11.5 Å². The normalized spacial score (nSPS) is 12.2. The summed E-state index contributed by atoms with van der Waals surface area (Å²) in [4.78, 5) is 11.4. The molecule has 0 aliphatic carbocycles. The summed E-state index contributed by atoms with van der Waals surface area (Å²) in [6.45, 7) is 2.74. The van der Waals surface area contributed by atoms with E-state index in [2.05, 4.69) is 5.10 Å². The Balaban J connectivity index is 1.63. The number of hydrogen-bond acceptors (Lipinski definition) is 5. The fourth-order valence-electron chi connectivity index (χ4n) is 2.95. The lowest BCUT2D eigenvalue weighted by Crippen LogP contribution is -2.18. The summed E-state index contributed by atoms with van der Waals surface area (Å²) in [5, 5.41) is 13.3. The molecule has 0 unspecified atom stereocenters. The highest BCUT2D eigenvalue weighted by Crippen LogP contribution is 2.36. The summed E-state index contributed by atoms with van der Waals surface area (Å²) < 4.78 is 12.7. The molecule has 0 atom stereocenters. The van der Waals surface area contributed by atoms with Crippen molar-refractivity contribution in [1.29, 1.82) is 0 Å². The van der Waals surface area contributed by atoms with Gasteiger partial charge in [-0.1, -0.05) is 12.1 Å². The fourth-order valence-corrected chi connectivity index (χ4v) is 2.95. The quantitative estimate of drug-likeness (QED) is 0.558. The van der Waals surface area contributed by atoms with E-state index < -0.39 is 5.91 Å². The van der Waals surface area contributed by atoms with Crippen LogP contribution in [0.1, 0.15) is 21.6 Å². The minimum atomic E-state index is -0.535. The Morgan fingerprint density at radius 1 is 1.15 bits per heavy atom. The van der Waals surface area contributed by atoms with Crippen LogP contribution < -0.4 is 15.0 Å². The van der Waals surface area contributed by atoms with Crippen LogP contribution in [0, 0.1) is 6.92 Å². The van der Waals surface area contributed by atoms with E-state index in [-0.39, 0.29) is 6.79 Å². The van der Waals surface area contributed by atoms with E-state index in [1.807, 2.05) is 48.0 Å². The molecule has 2 heterocycles. The van der Waals surface area contributed by atoms with Gasteiger partial charge in [-0.15, -0.1) is 0 Å². The van der Waals surface area contributed by atoms with Crippen molar-refractivity contribution in [1.82, 2.24) is 15.3 Å². The first-order valence-electron chi connectivity index (χ1n) is 8.12. The van der Waals surface area contributed by atoms with Gasteiger partial charge in [0.2, 0.25) is 6.79 Å². The van der Waals surface area contributed by atoms with Gasteiger partial charge in [-0.2, -0.15) is 5.10 Å². The number of carbonyl (C=O) groups is 1. The van der Waals surface area contributed by atoms with Crippen molar-refractivity contribution in [2.45, 2.75) is 13.5 Å². The Bertz CT molecular complexity index is 963. The third kappa shape index (κ3) is 3.00. The number of nitrogens with zero attached hydrogens (tertiary/aromatic N) is 2.